The predicted molar refractivity (Wildman–Crippen MR) is 107 cm³/mol. The minimum Gasteiger partial charge on any atom is -0.726 e. The lowest BCUT2D eigenvalue weighted by atomic mass is 10.1. The fraction of sp³-hybridized carbons (Fsp3) is 0.647. The van der Waals surface area contributed by atoms with Crippen LogP contribution in [0.5, 0.6) is 0 Å². The number of nitrogens with zero attached hydrogens (tertiary/aromatic N) is 3. The number of benzene rings is 1. The van der Waals surface area contributed by atoms with Crippen molar-refractivity contribution in [3.8, 4) is 0 Å². The molecular weight excluding hydrogens is 388 g/mol. The van der Waals surface area contributed by atoms with Crippen molar-refractivity contribution in [3.05, 3.63) is 39.9 Å². The van der Waals surface area contributed by atoms with Crippen molar-refractivity contribution < 1.29 is 26.6 Å². The first kappa shape index (κ1) is 26.2. The molecule has 0 aromatic heterocycles. The van der Waals surface area contributed by atoms with Gasteiger partial charge in [-0.3, -0.25) is 14.3 Å². The molecule has 0 saturated heterocycles. The largest absolute Gasteiger partial charge is 0.726 e. The summed E-state index contributed by atoms with van der Waals surface area (Å²) in [7, 11) is 2.04. The third kappa shape index (κ3) is 8.07. The summed E-state index contributed by atoms with van der Waals surface area (Å²) in [5, 5.41) is 14.9. The van der Waals surface area contributed by atoms with Gasteiger partial charge in [-0.25, -0.2) is 13.3 Å². The van der Waals surface area contributed by atoms with Gasteiger partial charge in [0.25, 0.3) is 6.17 Å². The molecule has 0 heterocycles. The van der Waals surface area contributed by atoms with Gasteiger partial charge in [-0.05, 0) is 40.1 Å². The van der Waals surface area contributed by atoms with E-state index in [2.05, 4.69) is 37.3 Å². The molecule has 10 nitrogen and oxygen atoms in total. The minimum atomic E-state index is -4.41. The first-order valence-corrected chi connectivity index (χ1v) is 10.2. The molecule has 2 unspecified atom stereocenters. The van der Waals surface area contributed by atoms with E-state index in [1.54, 1.807) is 19.0 Å². The number of rotatable bonds is 9. The average Bonchev–Trinajstić information content (AvgIpc) is 2.61. The van der Waals surface area contributed by atoms with Crippen LogP contribution in [-0.4, -0.2) is 74.8 Å². The van der Waals surface area contributed by atoms with Crippen LogP contribution in [0, 0.1) is 10.1 Å². The van der Waals surface area contributed by atoms with Crippen molar-refractivity contribution in [2.45, 2.75) is 33.1 Å². The highest BCUT2D eigenvalue weighted by Crippen LogP contribution is 2.28. The zero-order chi connectivity index (χ0) is 22.1. The van der Waals surface area contributed by atoms with Crippen molar-refractivity contribution in [1.82, 2.24) is 4.90 Å². The maximum Gasteiger partial charge on any atom is 0.295 e. The molecule has 0 aliphatic carbocycles. The molecule has 28 heavy (non-hydrogen) atoms. The highest BCUT2D eigenvalue weighted by Gasteiger charge is 2.30. The Hall–Kier alpha value is -1.79. The third-order valence-corrected chi connectivity index (χ3v) is 5.28. The van der Waals surface area contributed by atoms with E-state index in [-0.39, 0.29) is 11.1 Å². The molecular formula is C17H32N4O6S. The lowest BCUT2D eigenvalue weighted by molar-refractivity contribution is -0.924. The molecule has 0 fully saturated rings. The molecule has 11 heteroatoms. The molecule has 0 saturated carbocycles. The molecule has 0 aliphatic rings. The average molecular weight is 421 g/mol. The normalized spacial score (nSPS) is 14.0. The maximum atomic E-state index is 11.4. The zero-order valence-electron chi connectivity index (χ0n) is 17.6. The van der Waals surface area contributed by atoms with Crippen LogP contribution in [0.15, 0.2) is 24.3 Å². The van der Waals surface area contributed by atoms with E-state index in [9.17, 15) is 23.1 Å². The number of para-hydroxylation sites is 1. The van der Waals surface area contributed by atoms with Crippen LogP contribution in [0.1, 0.15) is 32.5 Å². The van der Waals surface area contributed by atoms with E-state index in [4.69, 9.17) is 0 Å². The van der Waals surface area contributed by atoms with Gasteiger partial charge in [-0.1, -0.05) is 12.1 Å². The van der Waals surface area contributed by atoms with E-state index in [0.29, 0.717) is 5.56 Å². The third-order valence-electron chi connectivity index (χ3n) is 4.88. The van der Waals surface area contributed by atoms with Gasteiger partial charge in [0, 0.05) is 11.8 Å². The van der Waals surface area contributed by atoms with Crippen LogP contribution < -0.4 is 5.32 Å². The molecule has 1 aromatic rings. The first-order valence-electron chi connectivity index (χ1n) is 8.84. The first-order chi connectivity index (χ1) is 12.8. The molecule has 0 bridgehead atoms. The van der Waals surface area contributed by atoms with Crippen molar-refractivity contribution in [1.29, 1.82) is 0 Å². The van der Waals surface area contributed by atoms with E-state index in [0.717, 1.165) is 30.4 Å². The van der Waals surface area contributed by atoms with E-state index in [1.165, 1.54) is 0 Å². The summed E-state index contributed by atoms with van der Waals surface area (Å²) in [6.07, 6.45) is -0.677. The number of anilines is 1. The summed E-state index contributed by atoms with van der Waals surface area (Å²) in [6.45, 7) is 8.44. The summed E-state index contributed by atoms with van der Waals surface area (Å²) in [5.74, 6) is 0. The number of quaternary nitrogens is 1. The van der Waals surface area contributed by atoms with Crippen LogP contribution in [0.2, 0.25) is 0 Å². The number of hydrogen-bond acceptors (Lipinski definition) is 8. The van der Waals surface area contributed by atoms with E-state index < -0.39 is 16.6 Å². The maximum absolute atomic E-state index is 11.4. The van der Waals surface area contributed by atoms with Gasteiger partial charge < -0.3 is 14.4 Å². The number of nitrogens with one attached hydrogen (secondary N) is 1. The lowest BCUT2D eigenvalue weighted by Crippen LogP contribution is -2.54. The summed E-state index contributed by atoms with van der Waals surface area (Å²) in [6, 6.07) is 7.50. The molecule has 0 radical (unpaired) electrons. The minimum absolute atomic E-state index is 0.172. The Bertz CT molecular complexity index is 722. The van der Waals surface area contributed by atoms with Crippen LogP contribution in [-0.2, 0) is 14.6 Å². The van der Waals surface area contributed by atoms with Gasteiger partial charge in [-0.15, -0.1) is 0 Å². The molecule has 0 spiro atoms. The molecule has 162 valence electrons. The van der Waals surface area contributed by atoms with Gasteiger partial charge in [0.05, 0.1) is 38.5 Å². The molecule has 0 amide bonds. The molecule has 1 rings (SSSR count). The summed E-state index contributed by atoms with van der Waals surface area (Å²) in [5.41, 5.74) is 1.53. The van der Waals surface area contributed by atoms with Crippen LogP contribution in [0.3, 0.4) is 0 Å². The van der Waals surface area contributed by atoms with Gasteiger partial charge >= 0.3 is 0 Å². The Labute approximate surface area is 167 Å². The Morgan fingerprint density at radius 2 is 1.71 bits per heavy atom. The smallest absolute Gasteiger partial charge is 0.295 e. The van der Waals surface area contributed by atoms with Gasteiger partial charge in [0.15, 0.2) is 6.17 Å². The fourth-order valence-electron chi connectivity index (χ4n) is 2.59. The summed E-state index contributed by atoms with van der Waals surface area (Å²) < 4.78 is 31.9. The Balaban J connectivity index is 0.00000105. The molecule has 1 N–H and O–H groups in total. The second-order valence-corrected chi connectivity index (χ2v) is 7.87. The second-order valence-electron chi connectivity index (χ2n) is 6.72. The van der Waals surface area contributed by atoms with Gasteiger partial charge in [0.1, 0.15) is 0 Å². The molecule has 1 aromatic carbocycles. The van der Waals surface area contributed by atoms with Crippen molar-refractivity contribution in [2.24, 2.45) is 0 Å². The van der Waals surface area contributed by atoms with Gasteiger partial charge in [0.2, 0.25) is 10.4 Å². The van der Waals surface area contributed by atoms with Crippen LogP contribution in [0.25, 0.3) is 0 Å². The quantitative estimate of drug-likeness (QED) is 0.160. The Kier molecular flexibility index (Phi) is 10.5. The Morgan fingerprint density at radius 1 is 1.25 bits per heavy atom. The number of hydrogen-bond donors (Lipinski definition) is 1. The van der Waals surface area contributed by atoms with E-state index in [1.807, 2.05) is 24.3 Å². The number of nitro groups is 1. The standard InChI is InChI=1S/C16H29N4O2.CH4O4S/c1-7-20(6,8-2)13(3)17-15-12-10-9-11-14(15)16(18(4)5)19(21)22;1-5-6(2,3)4/h9-13,16-17H,7-8H2,1-6H3;1H3,(H,2,3,4)/q+1;/p-1. The SMILES string of the molecule is CC[N+](C)(CC)C(C)Nc1ccccc1C(N(C)C)[N+](=O)[O-].COS(=O)(=O)[O-]. The van der Waals surface area contributed by atoms with Crippen molar-refractivity contribution in [2.75, 3.05) is 46.7 Å². The predicted octanol–water partition coefficient (Wildman–Crippen LogP) is 1.86. The topological polar surface area (TPSA) is 125 Å². The highest BCUT2D eigenvalue weighted by molar-refractivity contribution is 7.80. The zero-order valence-corrected chi connectivity index (χ0v) is 18.4. The van der Waals surface area contributed by atoms with Gasteiger partial charge in [-0.2, -0.15) is 0 Å². The van der Waals surface area contributed by atoms with Crippen molar-refractivity contribution >= 4 is 16.1 Å². The van der Waals surface area contributed by atoms with Crippen LogP contribution >= 0.6 is 0 Å². The van der Waals surface area contributed by atoms with Crippen molar-refractivity contribution in [3.63, 3.8) is 0 Å². The summed E-state index contributed by atoms with van der Waals surface area (Å²) in [4.78, 5) is 12.8. The van der Waals surface area contributed by atoms with E-state index >= 15 is 0 Å². The highest BCUT2D eigenvalue weighted by atomic mass is 32.3. The fourth-order valence-corrected chi connectivity index (χ4v) is 2.59. The molecule has 2 atom stereocenters. The Morgan fingerprint density at radius 3 is 2.07 bits per heavy atom. The summed E-state index contributed by atoms with van der Waals surface area (Å²) >= 11 is 0. The lowest BCUT2D eigenvalue weighted by Gasteiger charge is -2.39. The van der Waals surface area contributed by atoms with Crippen LogP contribution in [0.4, 0.5) is 5.69 Å². The monoisotopic (exact) mass is 420 g/mol. The molecule has 0 aliphatic heterocycles. The second kappa shape index (κ2) is 11.3.